The van der Waals surface area contributed by atoms with Crippen LogP contribution in [0, 0.1) is 5.92 Å². The Labute approximate surface area is 186 Å². The number of fused-ring (bicyclic) bond motifs is 2. The number of Topliss-reactive ketones (excluding diaryl/α,β-unsaturated/α-hetero) is 2. The topological polar surface area (TPSA) is 71.4 Å². The number of carbonyl (C=O) groups is 2. The van der Waals surface area contributed by atoms with Gasteiger partial charge in [-0.05, 0) is 29.8 Å². The van der Waals surface area contributed by atoms with E-state index in [1.54, 1.807) is 72.8 Å². The average Bonchev–Trinajstić information content (AvgIpc) is 3.02. The van der Waals surface area contributed by atoms with Crippen LogP contribution in [0.3, 0.4) is 0 Å². The number of rotatable bonds is 3. The summed E-state index contributed by atoms with van der Waals surface area (Å²) in [6.45, 7) is 0. The molecule has 5 rings (SSSR count). The highest BCUT2D eigenvalue weighted by molar-refractivity contribution is 7.20. The van der Waals surface area contributed by atoms with E-state index in [1.807, 2.05) is 0 Å². The van der Waals surface area contributed by atoms with E-state index >= 15 is 0 Å². The molecular weight excluding hydrogens is 432 g/mol. The third-order valence-corrected chi connectivity index (χ3v) is 6.91. The van der Waals surface area contributed by atoms with E-state index in [1.165, 1.54) is 0 Å². The molecule has 0 bridgehead atoms. The van der Waals surface area contributed by atoms with Crippen LogP contribution >= 0.6 is 22.9 Å². The van der Waals surface area contributed by atoms with E-state index in [2.05, 4.69) is 0 Å². The maximum atomic E-state index is 13.5. The number of benzene rings is 3. The summed E-state index contributed by atoms with van der Waals surface area (Å²) in [4.78, 5) is 40.1. The van der Waals surface area contributed by atoms with E-state index in [-0.39, 0.29) is 22.2 Å². The number of hydrogen-bond acceptors (Lipinski definition) is 5. The van der Waals surface area contributed by atoms with E-state index < -0.39 is 17.3 Å². The summed E-state index contributed by atoms with van der Waals surface area (Å²) in [5.41, 5.74) is 0.850. The van der Waals surface area contributed by atoms with E-state index in [0.717, 1.165) is 11.3 Å². The first-order chi connectivity index (χ1) is 15.0. The fourth-order valence-corrected chi connectivity index (χ4v) is 5.47. The smallest absolute Gasteiger partial charge is 0.195 e. The van der Waals surface area contributed by atoms with Gasteiger partial charge in [0.05, 0.1) is 11.5 Å². The standard InChI is InChI=1S/C25H15ClO4S/c26-14-7-5-6-13(12-14)19(20-22(27)15-8-1-2-9-16(15)23(20)28)21-24(29)17-10-3-4-11-18(17)31-25(21)30/h1-12,19-20,30H. The number of halogens is 1. The van der Waals surface area contributed by atoms with Crippen LogP contribution < -0.4 is 5.43 Å². The lowest BCUT2D eigenvalue weighted by atomic mass is 9.78. The second-order valence-corrected chi connectivity index (χ2v) is 8.90. The molecule has 3 aromatic carbocycles. The van der Waals surface area contributed by atoms with Gasteiger partial charge in [-0.3, -0.25) is 14.4 Å². The van der Waals surface area contributed by atoms with Gasteiger partial charge in [-0.25, -0.2) is 0 Å². The third kappa shape index (κ3) is 3.09. The Kier molecular flexibility index (Phi) is 4.73. The highest BCUT2D eigenvalue weighted by atomic mass is 35.5. The zero-order valence-electron chi connectivity index (χ0n) is 16.0. The summed E-state index contributed by atoms with van der Waals surface area (Å²) in [6.07, 6.45) is 0. The van der Waals surface area contributed by atoms with Crippen molar-refractivity contribution in [2.75, 3.05) is 0 Å². The predicted molar refractivity (Wildman–Crippen MR) is 122 cm³/mol. The Morgan fingerprint density at radius 2 is 1.48 bits per heavy atom. The third-order valence-electron chi connectivity index (χ3n) is 5.69. The van der Waals surface area contributed by atoms with Crippen LogP contribution in [0.5, 0.6) is 5.06 Å². The number of carbonyl (C=O) groups excluding carboxylic acids is 2. The van der Waals surface area contributed by atoms with Crippen molar-refractivity contribution in [2.24, 2.45) is 5.92 Å². The molecule has 0 radical (unpaired) electrons. The minimum atomic E-state index is -1.15. The lowest BCUT2D eigenvalue weighted by Crippen LogP contribution is -2.28. The minimum absolute atomic E-state index is 0.0467. The molecule has 1 aromatic heterocycles. The maximum absolute atomic E-state index is 13.5. The summed E-state index contributed by atoms with van der Waals surface area (Å²) >= 11 is 7.27. The van der Waals surface area contributed by atoms with Gasteiger partial charge in [0.2, 0.25) is 0 Å². The largest absolute Gasteiger partial charge is 0.499 e. The molecule has 1 unspecified atom stereocenters. The molecule has 31 heavy (non-hydrogen) atoms. The van der Waals surface area contributed by atoms with Crippen molar-refractivity contribution in [2.45, 2.75) is 5.92 Å². The summed E-state index contributed by atoms with van der Waals surface area (Å²) in [5, 5.41) is 11.5. The molecular formula is C25H15ClO4S. The van der Waals surface area contributed by atoms with Gasteiger partial charge in [-0.15, -0.1) is 0 Å². The van der Waals surface area contributed by atoms with Crippen LogP contribution in [-0.4, -0.2) is 16.7 Å². The highest BCUT2D eigenvalue weighted by Gasteiger charge is 2.46. The van der Waals surface area contributed by atoms with Crippen molar-refractivity contribution in [1.29, 1.82) is 0 Å². The lowest BCUT2D eigenvalue weighted by molar-refractivity contribution is 0.0824. The molecule has 152 valence electrons. The van der Waals surface area contributed by atoms with E-state index in [0.29, 0.717) is 31.8 Å². The maximum Gasteiger partial charge on any atom is 0.195 e. The molecule has 1 atom stereocenters. The van der Waals surface area contributed by atoms with Crippen molar-refractivity contribution in [1.82, 2.24) is 0 Å². The summed E-state index contributed by atoms with van der Waals surface area (Å²) in [7, 11) is 0. The average molecular weight is 447 g/mol. The second kappa shape index (κ2) is 7.45. The van der Waals surface area contributed by atoms with Crippen molar-refractivity contribution in [3.8, 4) is 5.06 Å². The molecule has 4 aromatic rings. The highest BCUT2D eigenvalue weighted by Crippen LogP contribution is 2.44. The van der Waals surface area contributed by atoms with Crippen LogP contribution in [0.25, 0.3) is 10.1 Å². The number of ketones is 2. The van der Waals surface area contributed by atoms with Crippen LogP contribution in [0.15, 0.2) is 77.6 Å². The molecule has 0 spiro atoms. The van der Waals surface area contributed by atoms with Crippen LogP contribution in [-0.2, 0) is 0 Å². The molecule has 0 fully saturated rings. The molecule has 6 heteroatoms. The van der Waals surface area contributed by atoms with Crippen molar-refractivity contribution >= 4 is 44.6 Å². The summed E-state index contributed by atoms with van der Waals surface area (Å²) in [5.74, 6) is -2.83. The zero-order chi connectivity index (χ0) is 21.7. The van der Waals surface area contributed by atoms with Gasteiger partial charge in [0.25, 0.3) is 0 Å². The van der Waals surface area contributed by atoms with Gasteiger partial charge in [-0.2, -0.15) is 0 Å². The summed E-state index contributed by atoms with van der Waals surface area (Å²) < 4.78 is 0.631. The predicted octanol–water partition coefficient (Wildman–Crippen LogP) is 5.45. The Bertz CT molecular complexity index is 1400. The second-order valence-electron chi connectivity index (χ2n) is 7.43. The van der Waals surface area contributed by atoms with Crippen LogP contribution in [0.1, 0.15) is 37.8 Å². The Morgan fingerprint density at radius 1 is 0.839 bits per heavy atom. The van der Waals surface area contributed by atoms with Crippen LogP contribution in [0.2, 0.25) is 5.02 Å². The van der Waals surface area contributed by atoms with Crippen molar-refractivity contribution in [3.05, 3.63) is 110 Å². The lowest BCUT2D eigenvalue weighted by Gasteiger charge is -2.23. The monoisotopic (exact) mass is 446 g/mol. The van der Waals surface area contributed by atoms with E-state index in [4.69, 9.17) is 11.6 Å². The quantitative estimate of drug-likeness (QED) is 0.425. The molecule has 1 N–H and O–H groups in total. The van der Waals surface area contributed by atoms with Gasteiger partial charge < -0.3 is 5.11 Å². The van der Waals surface area contributed by atoms with Gasteiger partial charge >= 0.3 is 0 Å². The molecule has 1 heterocycles. The van der Waals surface area contributed by atoms with Gasteiger partial charge in [0, 0.05) is 32.2 Å². The number of aromatic hydroxyl groups is 1. The molecule has 0 saturated carbocycles. The fourth-order valence-electron chi connectivity index (χ4n) is 4.31. The first kappa shape index (κ1) is 19.7. The molecule has 4 nitrogen and oxygen atoms in total. The first-order valence-corrected chi connectivity index (χ1v) is 10.8. The van der Waals surface area contributed by atoms with Gasteiger partial charge in [0.1, 0.15) is 0 Å². The van der Waals surface area contributed by atoms with Crippen LogP contribution in [0.4, 0.5) is 0 Å². The van der Waals surface area contributed by atoms with Crippen molar-refractivity contribution in [3.63, 3.8) is 0 Å². The summed E-state index contributed by atoms with van der Waals surface area (Å²) in [6, 6.07) is 20.3. The van der Waals surface area contributed by atoms with Gasteiger partial charge in [-0.1, -0.05) is 71.5 Å². The molecule has 1 aliphatic rings. The minimum Gasteiger partial charge on any atom is -0.499 e. The molecule has 0 aliphatic heterocycles. The Hall–Kier alpha value is -3.28. The van der Waals surface area contributed by atoms with E-state index in [9.17, 15) is 19.5 Å². The zero-order valence-corrected chi connectivity index (χ0v) is 17.6. The SMILES string of the molecule is O=C1c2ccccc2C(=O)C1C(c1cccc(Cl)c1)c1c(O)sc2ccccc2c1=O. The Balaban J connectivity index is 1.81. The molecule has 0 amide bonds. The first-order valence-electron chi connectivity index (χ1n) is 9.65. The van der Waals surface area contributed by atoms with Gasteiger partial charge in [0.15, 0.2) is 22.1 Å². The normalized spacial score (nSPS) is 14.7. The molecule has 1 aliphatic carbocycles. The fraction of sp³-hybridized carbons (Fsp3) is 0.0800. The Morgan fingerprint density at radius 3 is 2.16 bits per heavy atom. The number of hydrogen-bond donors (Lipinski definition) is 1. The van der Waals surface area contributed by atoms with Crippen molar-refractivity contribution < 1.29 is 14.7 Å². The molecule has 0 saturated heterocycles.